The van der Waals surface area contributed by atoms with Gasteiger partial charge in [-0.3, -0.25) is 19.8 Å². The van der Waals surface area contributed by atoms with E-state index < -0.39 is 4.92 Å². The smallest absolute Gasteiger partial charge is 0.269 e. The van der Waals surface area contributed by atoms with E-state index in [1.54, 1.807) is 30.2 Å². The number of methoxy groups -OCH3 is 1. The van der Waals surface area contributed by atoms with Gasteiger partial charge in [-0.1, -0.05) is 35.9 Å². The number of non-ortho nitro benzene ring substituents is 1. The highest BCUT2D eigenvalue weighted by atomic mass is 16.6. The summed E-state index contributed by atoms with van der Waals surface area (Å²) in [5.74, 6) is 0.475. The molecular weight excluding hydrogens is 392 g/mol. The standard InChI is InChI=1S/C25H20N2O4/c1-17-6-10-19(11-7-17)24-15-20(14-18-8-12-21(13-9-18)27(29)30)25(28)26(24)22-4-3-5-23(16-22)31-2/h3-16H,1-2H3/b20-14+. The minimum absolute atomic E-state index is 0.00814. The monoisotopic (exact) mass is 412 g/mol. The number of nitro groups is 1. The molecule has 0 spiro atoms. The molecule has 1 heterocycles. The molecule has 0 fully saturated rings. The fourth-order valence-corrected chi connectivity index (χ4v) is 3.43. The van der Waals surface area contributed by atoms with Crippen LogP contribution in [0.1, 0.15) is 16.7 Å². The van der Waals surface area contributed by atoms with Crippen molar-refractivity contribution in [2.24, 2.45) is 0 Å². The van der Waals surface area contributed by atoms with Crippen LogP contribution in [-0.2, 0) is 4.79 Å². The predicted molar refractivity (Wildman–Crippen MR) is 121 cm³/mol. The molecule has 6 heteroatoms. The number of rotatable bonds is 5. The zero-order valence-corrected chi connectivity index (χ0v) is 17.1. The molecule has 0 aliphatic carbocycles. The molecule has 0 unspecified atom stereocenters. The average molecular weight is 412 g/mol. The third-order valence-corrected chi connectivity index (χ3v) is 5.07. The van der Waals surface area contributed by atoms with Gasteiger partial charge in [-0.25, -0.2) is 0 Å². The quantitative estimate of drug-likeness (QED) is 0.320. The fraction of sp³-hybridized carbons (Fsp3) is 0.0800. The molecular formula is C25H20N2O4. The van der Waals surface area contributed by atoms with Gasteiger partial charge in [0, 0.05) is 23.8 Å². The van der Waals surface area contributed by atoms with E-state index in [1.165, 1.54) is 12.1 Å². The van der Waals surface area contributed by atoms with Crippen molar-refractivity contribution in [1.82, 2.24) is 0 Å². The van der Waals surface area contributed by atoms with Crippen molar-refractivity contribution in [1.29, 1.82) is 0 Å². The Morgan fingerprint density at radius 1 is 1.00 bits per heavy atom. The Balaban J connectivity index is 1.79. The van der Waals surface area contributed by atoms with Crippen LogP contribution in [0.2, 0.25) is 0 Å². The minimum atomic E-state index is -0.447. The first-order valence-corrected chi connectivity index (χ1v) is 9.69. The largest absolute Gasteiger partial charge is 0.497 e. The predicted octanol–water partition coefficient (Wildman–Crippen LogP) is 5.38. The lowest BCUT2D eigenvalue weighted by Crippen LogP contribution is -2.24. The molecule has 0 radical (unpaired) electrons. The van der Waals surface area contributed by atoms with Gasteiger partial charge in [0.1, 0.15) is 5.75 Å². The lowest BCUT2D eigenvalue weighted by molar-refractivity contribution is -0.384. The summed E-state index contributed by atoms with van der Waals surface area (Å²) in [6, 6.07) is 21.4. The van der Waals surface area contributed by atoms with E-state index >= 15 is 0 Å². The summed E-state index contributed by atoms with van der Waals surface area (Å²) in [4.78, 5) is 25.5. The minimum Gasteiger partial charge on any atom is -0.497 e. The van der Waals surface area contributed by atoms with E-state index in [1.807, 2.05) is 61.5 Å². The number of carbonyl (C=O) groups excluding carboxylic acids is 1. The Morgan fingerprint density at radius 2 is 1.71 bits per heavy atom. The Labute approximate surface area is 179 Å². The van der Waals surface area contributed by atoms with Crippen molar-refractivity contribution in [2.45, 2.75) is 6.92 Å². The normalized spacial score (nSPS) is 14.6. The zero-order chi connectivity index (χ0) is 22.0. The highest BCUT2D eigenvalue weighted by Crippen LogP contribution is 2.36. The number of hydrogen-bond donors (Lipinski definition) is 0. The number of aryl methyl sites for hydroxylation is 1. The first kappa shape index (κ1) is 20.1. The first-order chi connectivity index (χ1) is 15.0. The van der Waals surface area contributed by atoms with Crippen LogP contribution in [0, 0.1) is 17.0 Å². The summed E-state index contributed by atoms with van der Waals surface area (Å²) in [5, 5.41) is 10.9. The fourth-order valence-electron chi connectivity index (χ4n) is 3.43. The molecule has 1 amide bonds. The van der Waals surface area contributed by atoms with Crippen LogP contribution in [0.5, 0.6) is 5.75 Å². The molecule has 3 aromatic carbocycles. The highest BCUT2D eigenvalue weighted by Gasteiger charge is 2.30. The third-order valence-electron chi connectivity index (χ3n) is 5.07. The van der Waals surface area contributed by atoms with Crippen molar-refractivity contribution in [2.75, 3.05) is 12.0 Å². The molecule has 154 valence electrons. The lowest BCUT2D eigenvalue weighted by Gasteiger charge is -2.21. The van der Waals surface area contributed by atoms with E-state index in [-0.39, 0.29) is 11.6 Å². The van der Waals surface area contributed by atoms with Crippen molar-refractivity contribution < 1.29 is 14.5 Å². The molecule has 1 aliphatic rings. The summed E-state index contributed by atoms with van der Waals surface area (Å²) < 4.78 is 5.33. The molecule has 0 atom stereocenters. The second-order valence-electron chi connectivity index (χ2n) is 7.19. The van der Waals surface area contributed by atoms with Crippen LogP contribution in [-0.4, -0.2) is 17.9 Å². The summed E-state index contributed by atoms with van der Waals surface area (Å²) >= 11 is 0. The summed E-state index contributed by atoms with van der Waals surface area (Å²) in [6.45, 7) is 2.01. The van der Waals surface area contributed by atoms with E-state index in [0.717, 1.165) is 16.8 Å². The number of anilines is 1. The maximum atomic E-state index is 13.4. The van der Waals surface area contributed by atoms with E-state index in [4.69, 9.17) is 4.74 Å². The van der Waals surface area contributed by atoms with E-state index in [2.05, 4.69) is 0 Å². The first-order valence-electron chi connectivity index (χ1n) is 9.69. The van der Waals surface area contributed by atoms with E-state index in [9.17, 15) is 14.9 Å². The van der Waals surface area contributed by atoms with Crippen LogP contribution in [0.15, 0.2) is 84.4 Å². The van der Waals surface area contributed by atoms with Crippen molar-refractivity contribution in [3.8, 4) is 5.75 Å². The van der Waals surface area contributed by atoms with Gasteiger partial charge in [-0.05, 0) is 54.5 Å². The van der Waals surface area contributed by atoms with Crippen molar-refractivity contribution in [3.63, 3.8) is 0 Å². The van der Waals surface area contributed by atoms with Crippen LogP contribution in [0.25, 0.3) is 11.8 Å². The molecule has 3 aromatic rings. The molecule has 31 heavy (non-hydrogen) atoms. The topological polar surface area (TPSA) is 72.7 Å². The molecule has 6 nitrogen and oxygen atoms in total. The van der Waals surface area contributed by atoms with Gasteiger partial charge < -0.3 is 4.74 Å². The molecule has 4 rings (SSSR count). The molecule has 0 saturated carbocycles. The number of carbonyl (C=O) groups is 1. The number of ether oxygens (including phenoxy) is 1. The number of amides is 1. The van der Waals surface area contributed by atoms with Crippen LogP contribution in [0.3, 0.4) is 0 Å². The number of nitro benzene ring substituents is 1. The van der Waals surface area contributed by atoms with Gasteiger partial charge in [0.25, 0.3) is 11.6 Å². The summed E-state index contributed by atoms with van der Waals surface area (Å²) in [5.41, 5.74) is 4.70. The maximum absolute atomic E-state index is 13.4. The summed E-state index contributed by atoms with van der Waals surface area (Å²) in [7, 11) is 1.58. The molecule has 0 aromatic heterocycles. The van der Waals surface area contributed by atoms with Crippen LogP contribution >= 0.6 is 0 Å². The Kier molecular flexibility index (Phi) is 5.37. The van der Waals surface area contributed by atoms with Crippen LogP contribution < -0.4 is 9.64 Å². The van der Waals surface area contributed by atoms with Gasteiger partial charge in [0.15, 0.2) is 0 Å². The van der Waals surface area contributed by atoms with Crippen LogP contribution in [0.4, 0.5) is 11.4 Å². The van der Waals surface area contributed by atoms with Gasteiger partial charge in [-0.2, -0.15) is 0 Å². The Morgan fingerprint density at radius 3 is 2.35 bits per heavy atom. The van der Waals surface area contributed by atoms with Crippen molar-refractivity contribution >= 4 is 29.1 Å². The van der Waals surface area contributed by atoms with Gasteiger partial charge in [0.2, 0.25) is 0 Å². The van der Waals surface area contributed by atoms with Gasteiger partial charge >= 0.3 is 0 Å². The van der Waals surface area contributed by atoms with Gasteiger partial charge in [0.05, 0.1) is 23.4 Å². The summed E-state index contributed by atoms with van der Waals surface area (Å²) in [6.07, 6.45) is 3.58. The number of hydrogen-bond acceptors (Lipinski definition) is 4. The zero-order valence-electron chi connectivity index (χ0n) is 17.1. The molecule has 0 N–H and O–H groups in total. The molecule has 1 aliphatic heterocycles. The lowest BCUT2D eigenvalue weighted by atomic mass is 10.1. The number of benzene rings is 3. The third kappa shape index (κ3) is 4.09. The highest BCUT2D eigenvalue weighted by molar-refractivity contribution is 6.23. The van der Waals surface area contributed by atoms with Crippen molar-refractivity contribution in [3.05, 3.63) is 111 Å². The molecule has 0 saturated heterocycles. The number of nitrogens with zero attached hydrogens (tertiary/aromatic N) is 2. The Bertz CT molecular complexity index is 1210. The average Bonchev–Trinajstić information content (AvgIpc) is 3.10. The molecule has 0 bridgehead atoms. The van der Waals surface area contributed by atoms with Gasteiger partial charge in [-0.15, -0.1) is 0 Å². The second-order valence-corrected chi connectivity index (χ2v) is 7.19. The maximum Gasteiger partial charge on any atom is 0.269 e. The Hall–Kier alpha value is -4.19. The SMILES string of the molecule is COc1cccc(N2C(=O)/C(=C/c3ccc([N+](=O)[O-])cc3)C=C2c2ccc(C)cc2)c1. The second kappa shape index (κ2) is 8.28. The van der Waals surface area contributed by atoms with E-state index in [0.29, 0.717) is 22.6 Å².